The fraction of sp³-hybridized carbons (Fsp3) is 0.517. The molecule has 208 valence electrons. The normalized spacial score (nSPS) is 15.1. The molecular formula is C29H40ClN3O4S. The van der Waals surface area contributed by atoms with Gasteiger partial charge in [-0.25, -0.2) is 8.42 Å². The maximum absolute atomic E-state index is 13.5. The summed E-state index contributed by atoms with van der Waals surface area (Å²) in [6, 6.07) is 14.2. The van der Waals surface area contributed by atoms with Crippen molar-refractivity contribution in [3.8, 4) is 0 Å². The second-order valence-corrected chi connectivity index (χ2v) is 12.5. The molecule has 0 heterocycles. The zero-order valence-electron chi connectivity index (χ0n) is 22.7. The summed E-state index contributed by atoms with van der Waals surface area (Å²) >= 11 is 6.17. The second-order valence-electron chi connectivity index (χ2n) is 10.1. The monoisotopic (exact) mass is 561 g/mol. The van der Waals surface area contributed by atoms with Gasteiger partial charge in [-0.1, -0.05) is 62.1 Å². The molecule has 1 aliphatic rings. The molecular weight excluding hydrogens is 522 g/mol. The van der Waals surface area contributed by atoms with Crippen molar-refractivity contribution >= 4 is 39.1 Å². The molecule has 0 spiro atoms. The number of hydrogen-bond acceptors (Lipinski definition) is 4. The van der Waals surface area contributed by atoms with Gasteiger partial charge in [0.2, 0.25) is 21.8 Å². The molecule has 0 bridgehead atoms. The summed E-state index contributed by atoms with van der Waals surface area (Å²) in [5, 5.41) is 3.69. The molecule has 7 nitrogen and oxygen atoms in total. The van der Waals surface area contributed by atoms with Gasteiger partial charge in [0.1, 0.15) is 6.04 Å². The Bertz CT molecular complexity index is 1180. The maximum Gasteiger partial charge on any atom is 0.242 e. The van der Waals surface area contributed by atoms with Crippen molar-refractivity contribution in [1.29, 1.82) is 0 Å². The zero-order chi connectivity index (χ0) is 27.7. The summed E-state index contributed by atoms with van der Waals surface area (Å²) in [5.74, 6) is -0.368. The largest absolute Gasteiger partial charge is 0.352 e. The molecule has 1 N–H and O–H groups in total. The minimum absolute atomic E-state index is 0.112. The van der Waals surface area contributed by atoms with E-state index < -0.39 is 16.1 Å². The molecule has 0 aromatic heterocycles. The van der Waals surface area contributed by atoms with Gasteiger partial charge in [-0.3, -0.25) is 13.9 Å². The van der Waals surface area contributed by atoms with Crippen LogP contribution in [0.25, 0.3) is 0 Å². The number of rotatable bonds is 12. The summed E-state index contributed by atoms with van der Waals surface area (Å²) in [6.45, 7) is 4.20. The number of amides is 2. The highest BCUT2D eigenvalue weighted by Crippen LogP contribution is 2.22. The van der Waals surface area contributed by atoms with Gasteiger partial charge < -0.3 is 10.2 Å². The van der Waals surface area contributed by atoms with Gasteiger partial charge in [0.15, 0.2) is 0 Å². The summed E-state index contributed by atoms with van der Waals surface area (Å²) < 4.78 is 26.4. The first kappa shape index (κ1) is 30.0. The zero-order valence-corrected chi connectivity index (χ0v) is 24.2. The van der Waals surface area contributed by atoms with Crippen LogP contribution >= 0.6 is 11.6 Å². The summed E-state index contributed by atoms with van der Waals surface area (Å²) in [6.07, 6.45) is 7.78. The predicted molar refractivity (Wildman–Crippen MR) is 154 cm³/mol. The lowest BCUT2D eigenvalue weighted by Gasteiger charge is -2.31. The molecule has 3 rings (SSSR count). The third-order valence-electron chi connectivity index (χ3n) is 7.15. The van der Waals surface area contributed by atoms with Crippen LogP contribution in [-0.2, 0) is 32.6 Å². The molecule has 2 aromatic carbocycles. The average molecular weight is 562 g/mol. The molecule has 0 saturated heterocycles. The second kappa shape index (κ2) is 14.0. The van der Waals surface area contributed by atoms with E-state index in [2.05, 4.69) is 5.32 Å². The number of anilines is 1. The van der Waals surface area contributed by atoms with E-state index in [-0.39, 0.29) is 37.4 Å². The molecule has 1 fully saturated rings. The number of nitrogens with one attached hydrogen (secondary N) is 1. The number of carbonyl (C=O) groups excluding carboxylic acids is 2. The Morgan fingerprint density at radius 2 is 1.74 bits per heavy atom. The van der Waals surface area contributed by atoms with Gasteiger partial charge in [0.25, 0.3) is 0 Å². The Hall–Kier alpha value is -2.58. The lowest BCUT2D eigenvalue weighted by Crippen LogP contribution is -2.50. The van der Waals surface area contributed by atoms with Crippen molar-refractivity contribution in [2.75, 3.05) is 17.1 Å². The van der Waals surface area contributed by atoms with Crippen molar-refractivity contribution in [1.82, 2.24) is 10.2 Å². The number of nitrogens with zero attached hydrogens (tertiary/aromatic N) is 2. The molecule has 9 heteroatoms. The molecule has 0 radical (unpaired) electrons. The van der Waals surface area contributed by atoms with E-state index >= 15 is 0 Å². The van der Waals surface area contributed by atoms with Gasteiger partial charge in [0.05, 0.1) is 11.9 Å². The fourth-order valence-electron chi connectivity index (χ4n) is 4.89. The minimum Gasteiger partial charge on any atom is -0.352 e. The molecule has 1 unspecified atom stereocenters. The molecule has 2 aromatic rings. The van der Waals surface area contributed by atoms with Crippen molar-refractivity contribution in [2.45, 2.75) is 83.8 Å². The number of benzene rings is 2. The topological polar surface area (TPSA) is 86.8 Å². The SMILES string of the molecule is CCc1ccc(N(CCCC(=O)N(Cc2cccc(Cl)c2)C(C)C(=O)NC2CCCCC2)S(C)(=O)=O)cc1. The van der Waals surface area contributed by atoms with Crippen LogP contribution in [-0.4, -0.2) is 50.0 Å². The molecule has 1 aliphatic carbocycles. The van der Waals surface area contributed by atoms with Crippen LogP contribution in [0, 0.1) is 0 Å². The smallest absolute Gasteiger partial charge is 0.242 e. The van der Waals surface area contributed by atoms with Crippen LogP contribution in [0.3, 0.4) is 0 Å². The highest BCUT2D eigenvalue weighted by atomic mass is 35.5. The van der Waals surface area contributed by atoms with Crippen LogP contribution in [0.4, 0.5) is 5.69 Å². The Morgan fingerprint density at radius 1 is 1.05 bits per heavy atom. The van der Waals surface area contributed by atoms with Gasteiger partial charge in [-0.15, -0.1) is 0 Å². The first-order valence-corrected chi connectivity index (χ1v) is 15.7. The highest BCUT2D eigenvalue weighted by Gasteiger charge is 2.28. The van der Waals surface area contributed by atoms with Crippen molar-refractivity contribution in [3.63, 3.8) is 0 Å². The van der Waals surface area contributed by atoms with Gasteiger partial charge in [-0.2, -0.15) is 0 Å². The van der Waals surface area contributed by atoms with E-state index in [1.54, 1.807) is 36.1 Å². The van der Waals surface area contributed by atoms with Crippen molar-refractivity contribution in [2.24, 2.45) is 0 Å². The van der Waals surface area contributed by atoms with Gasteiger partial charge >= 0.3 is 0 Å². The van der Waals surface area contributed by atoms with Crippen molar-refractivity contribution < 1.29 is 18.0 Å². The Kier molecular flexibility index (Phi) is 11.0. The van der Waals surface area contributed by atoms with Gasteiger partial charge in [-0.05, 0) is 68.0 Å². The third kappa shape index (κ3) is 8.73. The van der Waals surface area contributed by atoms with E-state index in [4.69, 9.17) is 11.6 Å². The number of hydrogen-bond donors (Lipinski definition) is 1. The molecule has 2 amide bonds. The lowest BCUT2D eigenvalue weighted by molar-refractivity contribution is -0.141. The van der Waals surface area contributed by atoms with Crippen LogP contribution in [0.1, 0.15) is 69.9 Å². The first-order chi connectivity index (χ1) is 18.1. The molecule has 38 heavy (non-hydrogen) atoms. The summed E-state index contributed by atoms with van der Waals surface area (Å²) in [7, 11) is -3.53. The first-order valence-electron chi connectivity index (χ1n) is 13.5. The fourth-order valence-corrected chi connectivity index (χ4v) is 6.06. The lowest BCUT2D eigenvalue weighted by atomic mass is 9.95. The Labute approximate surface area is 232 Å². The number of sulfonamides is 1. The van der Waals surface area contributed by atoms with Crippen LogP contribution < -0.4 is 9.62 Å². The quantitative estimate of drug-likeness (QED) is 0.380. The third-order valence-corrected chi connectivity index (χ3v) is 8.57. The van der Waals surface area contributed by atoms with E-state index in [1.807, 2.05) is 31.2 Å². The number of halogens is 1. The van der Waals surface area contributed by atoms with Crippen LogP contribution in [0.5, 0.6) is 0 Å². The van der Waals surface area contributed by atoms with Crippen LogP contribution in [0.2, 0.25) is 5.02 Å². The molecule has 1 saturated carbocycles. The molecule has 0 aliphatic heterocycles. The Balaban J connectivity index is 1.71. The predicted octanol–water partition coefficient (Wildman–Crippen LogP) is 5.31. The van der Waals surface area contributed by atoms with E-state index in [0.29, 0.717) is 17.1 Å². The van der Waals surface area contributed by atoms with Crippen molar-refractivity contribution in [3.05, 3.63) is 64.7 Å². The molecule has 1 atom stereocenters. The average Bonchev–Trinajstić information content (AvgIpc) is 2.89. The minimum atomic E-state index is -3.53. The van der Waals surface area contributed by atoms with Crippen LogP contribution in [0.15, 0.2) is 48.5 Å². The van der Waals surface area contributed by atoms with E-state index in [0.717, 1.165) is 43.2 Å². The van der Waals surface area contributed by atoms with E-state index in [1.165, 1.54) is 17.0 Å². The maximum atomic E-state index is 13.5. The standard InChI is InChI=1S/C29H40ClN3O4S/c1-4-23-15-17-27(18-16-23)33(38(3,36)37)19-9-14-28(34)32(21-24-10-8-11-25(30)20-24)22(2)29(35)31-26-12-6-5-7-13-26/h8,10-11,15-18,20,22,26H,4-7,9,12-14,19,21H2,1-3H3,(H,31,35). The van der Waals surface area contributed by atoms with E-state index in [9.17, 15) is 18.0 Å². The van der Waals surface area contributed by atoms with Gasteiger partial charge in [0, 0.05) is 30.6 Å². The highest BCUT2D eigenvalue weighted by molar-refractivity contribution is 7.92. The Morgan fingerprint density at radius 3 is 2.34 bits per heavy atom. The number of carbonyl (C=O) groups is 2. The summed E-state index contributed by atoms with van der Waals surface area (Å²) in [4.78, 5) is 28.2. The number of aryl methyl sites for hydroxylation is 1. The summed E-state index contributed by atoms with van der Waals surface area (Å²) in [5.41, 5.74) is 2.53.